The Balaban J connectivity index is 1.84. The van der Waals surface area contributed by atoms with E-state index < -0.39 is 6.23 Å². The zero-order chi connectivity index (χ0) is 24.4. The lowest BCUT2D eigenvalue weighted by atomic mass is 10.0. The third-order valence-corrected chi connectivity index (χ3v) is 6.43. The smallest absolute Gasteiger partial charge is 0.247 e. The second-order valence-electron chi connectivity index (χ2n) is 8.64. The van der Waals surface area contributed by atoms with Gasteiger partial charge in [0.1, 0.15) is 0 Å². The van der Waals surface area contributed by atoms with Crippen molar-refractivity contribution in [1.29, 1.82) is 0 Å². The Kier molecular flexibility index (Phi) is 6.83. The molecule has 0 saturated heterocycles. The van der Waals surface area contributed by atoms with Crippen LogP contribution in [0.4, 0.5) is 11.4 Å². The van der Waals surface area contributed by atoms with Crippen molar-refractivity contribution >= 4 is 35.0 Å². The molecular formula is C25H27N5O3S. The lowest BCUT2D eigenvalue weighted by Crippen LogP contribution is -2.36. The maximum atomic E-state index is 12.9. The number of nitrogens with zero attached hydrogens (tertiary/aromatic N) is 4. The molecule has 8 nitrogen and oxygen atoms in total. The molecule has 34 heavy (non-hydrogen) atoms. The van der Waals surface area contributed by atoms with Gasteiger partial charge in [-0.3, -0.25) is 14.5 Å². The number of carbonyl (C=O) groups is 2. The molecule has 1 aliphatic heterocycles. The Morgan fingerprint density at radius 2 is 1.85 bits per heavy atom. The van der Waals surface area contributed by atoms with Crippen LogP contribution in [0, 0.1) is 12.8 Å². The quantitative estimate of drug-likeness (QED) is 0.517. The summed E-state index contributed by atoms with van der Waals surface area (Å²) >= 11 is 1.52. The number of aryl methyl sites for hydroxylation is 1. The fourth-order valence-electron chi connectivity index (χ4n) is 3.67. The standard InChI is InChI=1S/C25H27N5O3S/c1-14(2)13-34-25-27-23-22(28-29-25)20-12-15(3)6-11-21(20)30(17(5)32)24(33-23)18-7-9-19(10-8-18)26-16(4)31/h6-12,14,24H,13H2,1-5H3,(H,26,31). The van der Waals surface area contributed by atoms with Gasteiger partial charge in [-0.05, 0) is 37.1 Å². The van der Waals surface area contributed by atoms with Crippen LogP contribution in [0.3, 0.4) is 0 Å². The summed E-state index contributed by atoms with van der Waals surface area (Å²) in [6.45, 7) is 9.20. The molecule has 0 spiro atoms. The van der Waals surface area contributed by atoms with Crippen LogP contribution < -0.4 is 15.0 Å². The van der Waals surface area contributed by atoms with E-state index in [0.717, 1.165) is 22.4 Å². The Hall–Kier alpha value is -3.46. The van der Waals surface area contributed by atoms with E-state index in [1.165, 1.54) is 25.6 Å². The van der Waals surface area contributed by atoms with Crippen LogP contribution >= 0.6 is 11.8 Å². The van der Waals surface area contributed by atoms with Gasteiger partial charge in [0.05, 0.1) is 5.69 Å². The Bertz CT molecular complexity index is 1230. The average molecular weight is 478 g/mol. The lowest BCUT2D eigenvalue weighted by molar-refractivity contribution is -0.118. The Morgan fingerprint density at radius 1 is 1.12 bits per heavy atom. The van der Waals surface area contributed by atoms with Crippen LogP contribution in [0.25, 0.3) is 11.3 Å². The van der Waals surface area contributed by atoms with Crippen molar-refractivity contribution in [3.8, 4) is 17.1 Å². The van der Waals surface area contributed by atoms with E-state index in [-0.39, 0.29) is 11.8 Å². The van der Waals surface area contributed by atoms with Gasteiger partial charge in [0.2, 0.25) is 29.1 Å². The number of hydrogen-bond donors (Lipinski definition) is 1. The van der Waals surface area contributed by atoms with Crippen LogP contribution in [0.2, 0.25) is 0 Å². The van der Waals surface area contributed by atoms with E-state index in [1.54, 1.807) is 17.0 Å². The molecule has 2 amide bonds. The monoisotopic (exact) mass is 477 g/mol. The minimum Gasteiger partial charge on any atom is -0.447 e. The Morgan fingerprint density at radius 3 is 2.50 bits per heavy atom. The summed E-state index contributed by atoms with van der Waals surface area (Å²) in [5.41, 5.74) is 4.32. The first-order valence-corrected chi connectivity index (χ1v) is 12.0. The zero-order valence-corrected chi connectivity index (χ0v) is 20.6. The molecule has 1 N–H and O–H groups in total. The molecule has 3 aromatic rings. The molecule has 1 aliphatic rings. The maximum Gasteiger partial charge on any atom is 0.247 e. The number of nitrogens with one attached hydrogen (secondary N) is 1. The van der Waals surface area contributed by atoms with Crippen molar-refractivity contribution < 1.29 is 14.3 Å². The topological polar surface area (TPSA) is 97.3 Å². The van der Waals surface area contributed by atoms with Crippen molar-refractivity contribution in [2.24, 2.45) is 5.92 Å². The summed E-state index contributed by atoms with van der Waals surface area (Å²) in [4.78, 5) is 30.6. The zero-order valence-electron chi connectivity index (χ0n) is 19.8. The predicted molar refractivity (Wildman–Crippen MR) is 133 cm³/mol. The van der Waals surface area contributed by atoms with Gasteiger partial charge in [0.25, 0.3) is 0 Å². The number of aromatic nitrogens is 3. The second kappa shape index (κ2) is 9.80. The average Bonchev–Trinajstić information content (AvgIpc) is 2.92. The summed E-state index contributed by atoms with van der Waals surface area (Å²) in [6.07, 6.45) is -0.772. The molecule has 0 fully saturated rings. The number of benzene rings is 2. The molecular weight excluding hydrogens is 450 g/mol. The number of anilines is 2. The third kappa shape index (κ3) is 5.04. The molecule has 0 aliphatic carbocycles. The van der Waals surface area contributed by atoms with Crippen molar-refractivity contribution in [2.75, 3.05) is 16.0 Å². The van der Waals surface area contributed by atoms with Gasteiger partial charge in [-0.1, -0.05) is 49.4 Å². The first kappa shape index (κ1) is 23.7. The first-order valence-electron chi connectivity index (χ1n) is 11.1. The molecule has 2 aromatic carbocycles. The summed E-state index contributed by atoms with van der Waals surface area (Å²) in [6, 6.07) is 13.0. The normalized spacial score (nSPS) is 14.6. The molecule has 2 heterocycles. The van der Waals surface area contributed by atoms with E-state index >= 15 is 0 Å². The third-order valence-electron chi connectivity index (χ3n) is 5.16. The van der Waals surface area contributed by atoms with Crippen LogP contribution in [-0.2, 0) is 9.59 Å². The van der Waals surface area contributed by atoms with Crippen LogP contribution in [0.1, 0.15) is 45.0 Å². The fourth-order valence-corrected chi connectivity index (χ4v) is 4.40. The van der Waals surface area contributed by atoms with Gasteiger partial charge in [-0.15, -0.1) is 10.2 Å². The number of ether oxygens (including phenoxy) is 1. The Labute approximate surface area is 203 Å². The summed E-state index contributed by atoms with van der Waals surface area (Å²) < 4.78 is 6.40. The van der Waals surface area contributed by atoms with E-state index in [9.17, 15) is 9.59 Å². The molecule has 0 radical (unpaired) electrons. The molecule has 0 saturated carbocycles. The van der Waals surface area contributed by atoms with E-state index in [2.05, 4.69) is 34.3 Å². The number of rotatable bonds is 5. The van der Waals surface area contributed by atoms with Crippen LogP contribution in [-0.4, -0.2) is 32.7 Å². The number of amides is 2. The highest BCUT2D eigenvalue weighted by Gasteiger charge is 2.34. The number of fused-ring (bicyclic) bond motifs is 3. The summed E-state index contributed by atoms with van der Waals surface area (Å²) in [5.74, 6) is 1.31. The molecule has 4 rings (SSSR count). The SMILES string of the molecule is CC(=O)Nc1ccc(C2Oc3nc(SCC(C)C)nnc3-c3cc(C)ccc3N2C(C)=O)cc1. The van der Waals surface area contributed by atoms with Crippen molar-refractivity contribution in [3.05, 3.63) is 53.6 Å². The van der Waals surface area contributed by atoms with Gasteiger partial charge >= 0.3 is 0 Å². The fraction of sp³-hybridized carbons (Fsp3) is 0.320. The van der Waals surface area contributed by atoms with E-state index in [4.69, 9.17) is 4.74 Å². The number of carbonyl (C=O) groups excluding carboxylic acids is 2. The van der Waals surface area contributed by atoms with Gasteiger partial charge in [0, 0.05) is 36.4 Å². The molecule has 1 unspecified atom stereocenters. The maximum absolute atomic E-state index is 12.9. The highest BCUT2D eigenvalue weighted by Crippen LogP contribution is 2.44. The number of thioether (sulfide) groups is 1. The molecule has 1 aromatic heterocycles. The van der Waals surface area contributed by atoms with Gasteiger partial charge in [-0.25, -0.2) is 0 Å². The summed E-state index contributed by atoms with van der Waals surface area (Å²) in [7, 11) is 0. The van der Waals surface area contributed by atoms with Gasteiger partial charge in [0.15, 0.2) is 5.69 Å². The van der Waals surface area contributed by atoms with E-state index in [0.29, 0.717) is 34.0 Å². The highest BCUT2D eigenvalue weighted by atomic mass is 32.2. The number of hydrogen-bond acceptors (Lipinski definition) is 7. The predicted octanol–water partition coefficient (Wildman–Crippen LogP) is 5.00. The van der Waals surface area contributed by atoms with E-state index in [1.807, 2.05) is 37.3 Å². The molecule has 1 atom stereocenters. The minimum absolute atomic E-state index is 0.156. The van der Waals surface area contributed by atoms with Crippen molar-refractivity contribution in [3.63, 3.8) is 0 Å². The van der Waals surface area contributed by atoms with Crippen molar-refractivity contribution in [1.82, 2.24) is 15.2 Å². The molecule has 0 bridgehead atoms. The molecule has 9 heteroatoms. The molecule has 176 valence electrons. The minimum atomic E-state index is -0.772. The van der Waals surface area contributed by atoms with Gasteiger partial charge < -0.3 is 10.1 Å². The largest absolute Gasteiger partial charge is 0.447 e. The van der Waals surface area contributed by atoms with Crippen molar-refractivity contribution in [2.45, 2.75) is 46.0 Å². The second-order valence-corrected chi connectivity index (χ2v) is 9.62. The van der Waals surface area contributed by atoms with Gasteiger partial charge in [-0.2, -0.15) is 4.98 Å². The van der Waals surface area contributed by atoms with Crippen LogP contribution in [0.5, 0.6) is 5.88 Å². The highest BCUT2D eigenvalue weighted by molar-refractivity contribution is 7.99. The first-order chi connectivity index (χ1) is 16.2. The summed E-state index contributed by atoms with van der Waals surface area (Å²) in [5, 5.41) is 12.1. The van der Waals surface area contributed by atoms with Crippen LogP contribution in [0.15, 0.2) is 47.6 Å². The lowest BCUT2D eigenvalue weighted by Gasteiger charge is -2.30.